The molecule has 1 saturated carbocycles. The molecule has 4 N–H and O–H groups in total. The molecule has 1 aromatic carbocycles. The lowest BCUT2D eigenvalue weighted by molar-refractivity contribution is -0.118. The van der Waals surface area contributed by atoms with Gasteiger partial charge >= 0.3 is 6.03 Å². The Morgan fingerprint density at radius 1 is 1.24 bits per heavy atom. The summed E-state index contributed by atoms with van der Waals surface area (Å²) < 4.78 is 0. The van der Waals surface area contributed by atoms with Gasteiger partial charge in [-0.25, -0.2) is 4.79 Å². The first kappa shape index (κ1) is 17.1. The molecule has 1 fully saturated rings. The number of benzene rings is 1. The van der Waals surface area contributed by atoms with Crippen molar-refractivity contribution in [2.75, 3.05) is 0 Å². The van der Waals surface area contributed by atoms with Gasteiger partial charge in [0.1, 0.15) is 0 Å². The normalized spacial score (nSPS) is 23.7. The molecule has 6 heteroatoms. The molecule has 25 heavy (non-hydrogen) atoms. The van der Waals surface area contributed by atoms with E-state index in [1.165, 1.54) is 11.1 Å². The summed E-state index contributed by atoms with van der Waals surface area (Å²) in [5.74, 6) is -0.294. The van der Waals surface area contributed by atoms with E-state index in [4.69, 9.17) is 0 Å². The minimum Gasteiger partial charge on any atom is -0.504 e. The molecule has 3 amide bonds. The summed E-state index contributed by atoms with van der Waals surface area (Å²) in [4.78, 5) is 23.8. The van der Waals surface area contributed by atoms with Crippen molar-refractivity contribution >= 4 is 11.9 Å². The second-order valence-corrected chi connectivity index (χ2v) is 6.72. The van der Waals surface area contributed by atoms with Crippen LogP contribution in [0.25, 0.3) is 0 Å². The van der Waals surface area contributed by atoms with Gasteiger partial charge in [0.25, 0.3) is 5.91 Å². The predicted molar refractivity (Wildman–Crippen MR) is 94.8 cm³/mol. The van der Waals surface area contributed by atoms with E-state index in [0.29, 0.717) is 5.92 Å². The molecule has 3 rings (SSSR count). The van der Waals surface area contributed by atoms with Crippen molar-refractivity contribution in [3.63, 3.8) is 0 Å². The van der Waals surface area contributed by atoms with Gasteiger partial charge in [0, 0.05) is 6.04 Å². The maximum absolute atomic E-state index is 12.4. The van der Waals surface area contributed by atoms with Gasteiger partial charge in [-0.15, -0.1) is 0 Å². The molecular formula is C19H23N3O3. The smallest absolute Gasteiger partial charge is 0.324 e. The van der Waals surface area contributed by atoms with Crippen LogP contribution in [0.1, 0.15) is 42.7 Å². The topological polar surface area (TPSA) is 90.5 Å². The van der Waals surface area contributed by atoms with Crippen LogP contribution in [0.5, 0.6) is 0 Å². The highest BCUT2D eigenvalue weighted by molar-refractivity contribution is 6.00. The number of nitrogens with one attached hydrogen (secondary N) is 3. The first-order valence-corrected chi connectivity index (χ1v) is 8.52. The minimum atomic E-state index is -0.573. The van der Waals surface area contributed by atoms with Crippen molar-refractivity contribution in [3.05, 3.63) is 59.1 Å². The molecule has 0 unspecified atom stereocenters. The Balaban J connectivity index is 1.59. The monoisotopic (exact) mass is 341 g/mol. The lowest BCUT2D eigenvalue weighted by Gasteiger charge is -2.30. The number of hydrogen-bond acceptors (Lipinski definition) is 3. The van der Waals surface area contributed by atoms with Gasteiger partial charge in [-0.3, -0.25) is 10.1 Å². The van der Waals surface area contributed by atoms with Gasteiger partial charge in [-0.2, -0.15) is 0 Å². The van der Waals surface area contributed by atoms with Crippen molar-refractivity contribution in [2.24, 2.45) is 0 Å². The molecular weight excluding hydrogens is 318 g/mol. The zero-order chi connectivity index (χ0) is 18.0. The summed E-state index contributed by atoms with van der Waals surface area (Å²) in [7, 11) is 0. The van der Waals surface area contributed by atoms with Crippen molar-refractivity contribution in [1.29, 1.82) is 0 Å². The van der Waals surface area contributed by atoms with Crippen molar-refractivity contribution in [3.8, 4) is 0 Å². The Morgan fingerprint density at radius 3 is 2.64 bits per heavy atom. The summed E-state index contributed by atoms with van der Waals surface area (Å²) in [6.45, 7) is 5.61. The summed E-state index contributed by atoms with van der Waals surface area (Å²) in [6, 6.07) is 8.03. The summed E-state index contributed by atoms with van der Waals surface area (Å²) in [5, 5.41) is 17.5. The van der Waals surface area contributed by atoms with Crippen LogP contribution in [0.3, 0.4) is 0 Å². The van der Waals surface area contributed by atoms with Crippen LogP contribution in [0.15, 0.2) is 48.0 Å². The van der Waals surface area contributed by atoms with E-state index in [2.05, 4.69) is 53.7 Å². The molecule has 0 atom stereocenters. The molecule has 0 bridgehead atoms. The number of hydrogen-bond donors (Lipinski definition) is 4. The molecule has 2 aliphatic rings. The maximum Gasteiger partial charge on any atom is 0.324 e. The lowest BCUT2D eigenvalue weighted by Crippen LogP contribution is -2.47. The van der Waals surface area contributed by atoms with Crippen molar-refractivity contribution < 1.29 is 14.7 Å². The zero-order valence-corrected chi connectivity index (χ0v) is 14.3. The maximum atomic E-state index is 12.4. The third-order valence-corrected chi connectivity index (χ3v) is 4.83. The number of carbonyl (C=O) groups is 2. The molecule has 132 valence electrons. The van der Waals surface area contributed by atoms with E-state index >= 15 is 0 Å². The molecule has 1 heterocycles. The van der Waals surface area contributed by atoms with Crippen LogP contribution in [0, 0.1) is 6.92 Å². The van der Waals surface area contributed by atoms with E-state index in [1.807, 2.05) is 0 Å². The highest BCUT2D eigenvalue weighted by Gasteiger charge is 2.29. The van der Waals surface area contributed by atoms with E-state index in [9.17, 15) is 14.7 Å². The number of aliphatic hydroxyl groups is 1. The molecule has 1 aliphatic heterocycles. The van der Waals surface area contributed by atoms with Crippen LogP contribution >= 0.6 is 0 Å². The highest BCUT2D eigenvalue weighted by Crippen LogP contribution is 2.33. The van der Waals surface area contributed by atoms with Crippen LogP contribution in [0.4, 0.5) is 4.79 Å². The average molecular weight is 341 g/mol. The largest absolute Gasteiger partial charge is 0.504 e. The SMILES string of the molecule is C=C1NC(=O)NC(C(=O)N[C@H]2CC[C@@H](c3cccc(C)c3)CC2)=C1O. The Morgan fingerprint density at radius 2 is 1.96 bits per heavy atom. The number of carbonyl (C=O) groups excluding carboxylic acids is 2. The number of aliphatic hydroxyl groups excluding tert-OH is 1. The quantitative estimate of drug-likeness (QED) is 0.681. The van der Waals surface area contributed by atoms with Crippen LogP contribution in [-0.4, -0.2) is 23.1 Å². The molecule has 1 aliphatic carbocycles. The molecule has 0 saturated heterocycles. The van der Waals surface area contributed by atoms with E-state index in [-0.39, 0.29) is 23.2 Å². The lowest BCUT2D eigenvalue weighted by atomic mass is 9.81. The standard InChI is InChI=1S/C19H23N3O3/c1-11-4-3-5-14(10-11)13-6-8-15(9-7-13)21-18(24)16-17(23)12(2)20-19(25)22-16/h3-5,10,13,15,23H,2,6-9H2,1H3,(H,21,24)(H2,20,22,25)/t13-,15+. The van der Waals surface area contributed by atoms with Crippen LogP contribution in [0.2, 0.25) is 0 Å². The number of aryl methyl sites for hydroxylation is 1. The predicted octanol–water partition coefficient (Wildman–Crippen LogP) is 2.73. The Hall–Kier alpha value is -2.76. The van der Waals surface area contributed by atoms with Gasteiger partial charge < -0.3 is 15.7 Å². The summed E-state index contributed by atoms with van der Waals surface area (Å²) in [6.07, 6.45) is 3.73. The highest BCUT2D eigenvalue weighted by atomic mass is 16.3. The fraction of sp³-hybridized carbons (Fsp3) is 0.368. The van der Waals surface area contributed by atoms with E-state index < -0.39 is 11.9 Å². The first-order chi connectivity index (χ1) is 11.9. The van der Waals surface area contributed by atoms with Gasteiger partial charge in [0.15, 0.2) is 11.5 Å². The van der Waals surface area contributed by atoms with Crippen LogP contribution < -0.4 is 16.0 Å². The molecule has 0 radical (unpaired) electrons. The third-order valence-electron chi connectivity index (χ3n) is 4.83. The van der Waals surface area contributed by atoms with Crippen LogP contribution in [-0.2, 0) is 4.79 Å². The van der Waals surface area contributed by atoms with E-state index in [0.717, 1.165) is 25.7 Å². The number of rotatable bonds is 3. The zero-order valence-electron chi connectivity index (χ0n) is 14.3. The van der Waals surface area contributed by atoms with Gasteiger partial charge in [-0.1, -0.05) is 36.4 Å². The first-order valence-electron chi connectivity index (χ1n) is 8.52. The fourth-order valence-electron chi connectivity index (χ4n) is 3.47. The number of amides is 3. The molecule has 1 aromatic rings. The Kier molecular flexibility index (Phi) is 4.79. The van der Waals surface area contributed by atoms with Crippen molar-refractivity contribution in [1.82, 2.24) is 16.0 Å². The molecule has 6 nitrogen and oxygen atoms in total. The Labute approximate surface area is 147 Å². The minimum absolute atomic E-state index is 0.0251. The second kappa shape index (κ2) is 7.01. The summed E-state index contributed by atoms with van der Waals surface area (Å²) >= 11 is 0. The molecule has 0 spiro atoms. The fourth-order valence-corrected chi connectivity index (χ4v) is 3.47. The third kappa shape index (κ3) is 3.84. The number of urea groups is 1. The second-order valence-electron chi connectivity index (χ2n) is 6.72. The van der Waals surface area contributed by atoms with Gasteiger partial charge in [-0.05, 0) is 44.1 Å². The summed E-state index contributed by atoms with van der Waals surface area (Å²) in [5.41, 5.74) is 2.50. The van der Waals surface area contributed by atoms with Crippen molar-refractivity contribution in [2.45, 2.75) is 44.6 Å². The molecule has 0 aromatic heterocycles. The van der Waals surface area contributed by atoms with E-state index in [1.54, 1.807) is 0 Å². The van der Waals surface area contributed by atoms with Gasteiger partial charge in [0.2, 0.25) is 0 Å². The van der Waals surface area contributed by atoms with Gasteiger partial charge in [0.05, 0.1) is 5.70 Å². The Bertz CT molecular complexity index is 746. The average Bonchev–Trinajstić information content (AvgIpc) is 2.58.